The summed E-state index contributed by atoms with van der Waals surface area (Å²) >= 11 is 0. The van der Waals surface area contributed by atoms with Crippen molar-refractivity contribution in [2.75, 3.05) is 6.54 Å². The maximum absolute atomic E-state index is 12.2. The van der Waals surface area contributed by atoms with E-state index >= 15 is 0 Å². The van der Waals surface area contributed by atoms with E-state index in [-0.39, 0.29) is 17.9 Å². The van der Waals surface area contributed by atoms with E-state index in [2.05, 4.69) is 38.2 Å². The number of hydrogen-bond acceptors (Lipinski definition) is 2. The second-order valence-electron chi connectivity index (χ2n) is 5.65. The predicted molar refractivity (Wildman–Crippen MR) is 79.7 cm³/mol. The highest BCUT2D eigenvalue weighted by Crippen LogP contribution is 2.18. The average Bonchev–Trinajstić information content (AvgIpc) is 2.35. The number of carbonyl (C=O) groups excluding carboxylic acids is 1. The van der Waals surface area contributed by atoms with Crippen LogP contribution in [0.2, 0.25) is 0 Å². The van der Waals surface area contributed by atoms with E-state index in [1.165, 1.54) is 5.56 Å². The van der Waals surface area contributed by atoms with E-state index in [4.69, 9.17) is 5.73 Å². The molecule has 1 amide bonds. The van der Waals surface area contributed by atoms with Gasteiger partial charge in [0.2, 0.25) is 5.91 Å². The lowest BCUT2D eigenvalue weighted by molar-refractivity contribution is -0.125. The van der Waals surface area contributed by atoms with Crippen molar-refractivity contribution < 1.29 is 4.79 Å². The second kappa shape index (κ2) is 7.29. The molecule has 0 heterocycles. The van der Waals surface area contributed by atoms with Crippen LogP contribution < -0.4 is 11.1 Å². The Balaban J connectivity index is 2.68. The SMILES string of the molecule is Cc1ccccc1[C@@H](C)NC(=O)C(CN)CC(C)C. The number of carbonyl (C=O) groups is 1. The second-order valence-corrected chi connectivity index (χ2v) is 5.65. The number of hydrogen-bond donors (Lipinski definition) is 2. The molecule has 106 valence electrons. The lowest BCUT2D eigenvalue weighted by Crippen LogP contribution is -2.37. The third-order valence-corrected chi connectivity index (χ3v) is 3.42. The normalized spacial score (nSPS) is 14.2. The highest BCUT2D eigenvalue weighted by atomic mass is 16.1. The summed E-state index contributed by atoms with van der Waals surface area (Å²) in [6, 6.07) is 8.15. The van der Waals surface area contributed by atoms with Gasteiger partial charge in [-0.2, -0.15) is 0 Å². The monoisotopic (exact) mass is 262 g/mol. The van der Waals surface area contributed by atoms with Crippen molar-refractivity contribution in [1.29, 1.82) is 0 Å². The molecule has 3 heteroatoms. The fourth-order valence-electron chi connectivity index (χ4n) is 2.36. The Labute approximate surface area is 116 Å². The highest BCUT2D eigenvalue weighted by molar-refractivity contribution is 5.79. The summed E-state index contributed by atoms with van der Waals surface area (Å²) in [5.74, 6) is 0.450. The Morgan fingerprint density at radius 1 is 1.26 bits per heavy atom. The Morgan fingerprint density at radius 3 is 2.42 bits per heavy atom. The summed E-state index contributed by atoms with van der Waals surface area (Å²) in [7, 11) is 0. The molecule has 1 aromatic carbocycles. The third kappa shape index (κ3) is 4.67. The van der Waals surface area contributed by atoms with Gasteiger partial charge in [0.05, 0.1) is 12.0 Å². The molecule has 1 rings (SSSR count). The lowest BCUT2D eigenvalue weighted by atomic mass is 9.95. The topological polar surface area (TPSA) is 55.1 Å². The molecule has 0 bridgehead atoms. The van der Waals surface area contributed by atoms with Crippen LogP contribution in [0.5, 0.6) is 0 Å². The number of benzene rings is 1. The first kappa shape index (κ1) is 15.7. The molecular weight excluding hydrogens is 236 g/mol. The quantitative estimate of drug-likeness (QED) is 0.828. The van der Waals surface area contributed by atoms with Gasteiger partial charge in [0, 0.05) is 6.54 Å². The van der Waals surface area contributed by atoms with Gasteiger partial charge < -0.3 is 11.1 Å². The molecule has 0 aromatic heterocycles. The van der Waals surface area contributed by atoms with Gasteiger partial charge in [-0.15, -0.1) is 0 Å². The molecule has 0 spiro atoms. The van der Waals surface area contributed by atoms with E-state index in [0.29, 0.717) is 12.5 Å². The molecule has 3 nitrogen and oxygen atoms in total. The van der Waals surface area contributed by atoms with E-state index < -0.39 is 0 Å². The van der Waals surface area contributed by atoms with Gasteiger partial charge >= 0.3 is 0 Å². The van der Waals surface area contributed by atoms with E-state index in [0.717, 1.165) is 12.0 Å². The van der Waals surface area contributed by atoms with E-state index in [9.17, 15) is 4.79 Å². The Hall–Kier alpha value is -1.35. The summed E-state index contributed by atoms with van der Waals surface area (Å²) in [5, 5.41) is 3.07. The maximum Gasteiger partial charge on any atom is 0.224 e. The summed E-state index contributed by atoms with van der Waals surface area (Å²) < 4.78 is 0. The Morgan fingerprint density at radius 2 is 1.89 bits per heavy atom. The lowest BCUT2D eigenvalue weighted by Gasteiger charge is -2.21. The van der Waals surface area contributed by atoms with Crippen molar-refractivity contribution >= 4 is 5.91 Å². The fourth-order valence-corrected chi connectivity index (χ4v) is 2.36. The van der Waals surface area contributed by atoms with Gasteiger partial charge in [-0.25, -0.2) is 0 Å². The van der Waals surface area contributed by atoms with Crippen molar-refractivity contribution in [2.24, 2.45) is 17.6 Å². The van der Waals surface area contributed by atoms with Crippen LogP contribution in [0.25, 0.3) is 0 Å². The molecule has 0 aliphatic carbocycles. The van der Waals surface area contributed by atoms with Crippen molar-refractivity contribution in [3.05, 3.63) is 35.4 Å². The van der Waals surface area contributed by atoms with Crippen LogP contribution >= 0.6 is 0 Å². The molecule has 0 saturated carbocycles. The first-order valence-electron chi connectivity index (χ1n) is 7.01. The van der Waals surface area contributed by atoms with Gasteiger partial charge in [-0.1, -0.05) is 38.1 Å². The van der Waals surface area contributed by atoms with E-state index in [1.807, 2.05) is 19.1 Å². The van der Waals surface area contributed by atoms with Crippen LogP contribution in [0, 0.1) is 18.8 Å². The summed E-state index contributed by atoms with van der Waals surface area (Å²) in [4.78, 5) is 12.2. The van der Waals surface area contributed by atoms with Crippen LogP contribution in [0.3, 0.4) is 0 Å². The summed E-state index contributed by atoms with van der Waals surface area (Å²) in [5.41, 5.74) is 8.07. The molecule has 2 atom stereocenters. The predicted octanol–water partition coefficient (Wildman–Crippen LogP) is 2.79. The molecule has 0 aliphatic heterocycles. The number of aryl methyl sites for hydroxylation is 1. The largest absolute Gasteiger partial charge is 0.349 e. The smallest absolute Gasteiger partial charge is 0.224 e. The molecule has 19 heavy (non-hydrogen) atoms. The number of nitrogens with one attached hydrogen (secondary N) is 1. The first-order valence-corrected chi connectivity index (χ1v) is 7.01. The molecule has 3 N–H and O–H groups in total. The zero-order valence-electron chi connectivity index (χ0n) is 12.4. The Kier molecular flexibility index (Phi) is 6.03. The van der Waals surface area contributed by atoms with Gasteiger partial charge in [0.15, 0.2) is 0 Å². The Bertz CT molecular complexity index is 415. The van der Waals surface area contributed by atoms with Gasteiger partial charge in [-0.05, 0) is 37.3 Å². The van der Waals surface area contributed by atoms with Crippen LogP contribution in [0.1, 0.15) is 44.4 Å². The molecule has 0 fully saturated rings. The molecule has 0 saturated heterocycles. The molecule has 0 radical (unpaired) electrons. The van der Waals surface area contributed by atoms with E-state index in [1.54, 1.807) is 0 Å². The van der Waals surface area contributed by atoms with Crippen molar-refractivity contribution in [1.82, 2.24) is 5.32 Å². The molecule has 1 unspecified atom stereocenters. The highest BCUT2D eigenvalue weighted by Gasteiger charge is 2.20. The van der Waals surface area contributed by atoms with Crippen LogP contribution in [0.4, 0.5) is 0 Å². The fraction of sp³-hybridized carbons (Fsp3) is 0.562. The first-order chi connectivity index (χ1) is 8.95. The van der Waals surface area contributed by atoms with Crippen molar-refractivity contribution in [3.63, 3.8) is 0 Å². The number of rotatable bonds is 6. The minimum atomic E-state index is -0.0912. The number of amides is 1. The summed E-state index contributed by atoms with van der Waals surface area (Å²) in [6.45, 7) is 8.71. The van der Waals surface area contributed by atoms with Crippen molar-refractivity contribution in [2.45, 2.75) is 40.2 Å². The summed E-state index contributed by atoms with van der Waals surface area (Å²) in [6.07, 6.45) is 0.836. The van der Waals surface area contributed by atoms with Gasteiger partial charge in [0.1, 0.15) is 0 Å². The maximum atomic E-state index is 12.2. The molecule has 1 aromatic rings. The zero-order chi connectivity index (χ0) is 14.4. The molecule has 0 aliphatic rings. The molecular formula is C16H26N2O. The van der Waals surface area contributed by atoms with Crippen LogP contribution in [-0.4, -0.2) is 12.5 Å². The van der Waals surface area contributed by atoms with Gasteiger partial charge in [-0.3, -0.25) is 4.79 Å². The minimum Gasteiger partial charge on any atom is -0.349 e. The van der Waals surface area contributed by atoms with Crippen LogP contribution in [-0.2, 0) is 4.79 Å². The van der Waals surface area contributed by atoms with Crippen LogP contribution in [0.15, 0.2) is 24.3 Å². The van der Waals surface area contributed by atoms with Gasteiger partial charge in [0.25, 0.3) is 0 Å². The number of nitrogens with two attached hydrogens (primary N) is 1. The third-order valence-electron chi connectivity index (χ3n) is 3.42. The zero-order valence-corrected chi connectivity index (χ0v) is 12.4. The minimum absolute atomic E-state index is 0.0231. The standard InChI is InChI=1S/C16H26N2O/c1-11(2)9-14(10-17)16(19)18-13(4)15-8-6-5-7-12(15)3/h5-8,11,13-14H,9-10,17H2,1-4H3,(H,18,19)/t13-,14?/m1/s1. The average molecular weight is 262 g/mol. The van der Waals surface area contributed by atoms with Crippen molar-refractivity contribution in [3.8, 4) is 0 Å².